The average Bonchev–Trinajstić information content (AvgIpc) is 3.58. The van der Waals surface area contributed by atoms with E-state index in [9.17, 15) is 4.79 Å². The van der Waals surface area contributed by atoms with Crippen LogP contribution in [0.5, 0.6) is 0 Å². The van der Waals surface area contributed by atoms with Gasteiger partial charge in [-0.25, -0.2) is 4.98 Å². The number of aromatic amines is 2. The largest absolute Gasteiger partial charge is 0.352 e. The summed E-state index contributed by atoms with van der Waals surface area (Å²) in [6, 6.07) is 8.02. The highest BCUT2D eigenvalue weighted by atomic mass is 16.1. The zero-order chi connectivity index (χ0) is 21.5. The lowest BCUT2D eigenvalue weighted by Gasteiger charge is -2.11. The molecule has 0 bridgehead atoms. The van der Waals surface area contributed by atoms with Crippen LogP contribution >= 0.6 is 0 Å². The molecule has 8 nitrogen and oxygen atoms in total. The van der Waals surface area contributed by atoms with E-state index in [0.29, 0.717) is 11.3 Å². The van der Waals surface area contributed by atoms with E-state index in [0.717, 1.165) is 64.5 Å². The monoisotopic (exact) mass is 423 g/mol. The normalized spacial score (nSPS) is 14.4. The number of carbonyl (C=O) groups excluding carboxylic acids is 1. The van der Waals surface area contributed by atoms with E-state index >= 15 is 0 Å². The zero-order valence-electron chi connectivity index (χ0n) is 17.3. The van der Waals surface area contributed by atoms with Crippen molar-refractivity contribution >= 4 is 33.5 Å². The van der Waals surface area contributed by atoms with Gasteiger partial charge in [-0.1, -0.05) is 12.8 Å². The number of pyridine rings is 3. The standard InChI is InChI=1S/C24H21N7O/c32-24(14-3-1-2-4-14)28-18-7-16(10-26-12-18)17-8-19-22(30-31-23(19)27-11-17)20-9-15-5-6-25-13-21(15)29-20/h5-14,29H,1-4H2,(H,28,32)(H,27,30,31). The van der Waals surface area contributed by atoms with E-state index in [1.807, 2.05) is 18.2 Å². The number of rotatable bonds is 4. The SMILES string of the molecule is O=C(Nc1cncc(-c2cnc3n[nH]c(-c4cc5ccncc5[nH]4)c3c2)c1)C1CCCC1. The molecule has 3 N–H and O–H groups in total. The lowest BCUT2D eigenvalue weighted by Crippen LogP contribution is -2.20. The van der Waals surface area contributed by atoms with Crippen LogP contribution in [-0.2, 0) is 4.79 Å². The highest BCUT2D eigenvalue weighted by Crippen LogP contribution is 2.31. The first-order valence-corrected chi connectivity index (χ1v) is 10.8. The Morgan fingerprint density at radius 3 is 2.75 bits per heavy atom. The maximum atomic E-state index is 12.5. The second kappa shape index (κ2) is 7.56. The number of H-pyrrole nitrogens is 2. The van der Waals surface area contributed by atoms with Crippen molar-refractivity contribution in [2.75, 3.05) is 5.32 Å². The van der Waals surface area contributed by atoms with Gasteiger partial charge >= 0.3 is 0 Å². The summed E-state index contributed by atoms with van der Waals surface area (Å²) in [5, 5.41) is 12.5. The van der Waals surface area contributed by atoms with Gasteiger partial charge in [0.15, 0.2) is 5.65 Å². The molecule has 0 unspecified atom stereocenters. The Balaban J connectivity index is 1.35. The van der Waals surface area contributed by atoms with Gasteiger partial charge in [0.05, 0.1) is 35.0 Å². The number of hydrogen-bond donors (Lipinski definition) is 3. The van der Waals surface area contributed by atoms with E-state index in [-0.39, 0.29) is 11.8 Å². The molecule has 5 aromatic rings. The second-order valence-electron chi connectivity index (χ2n) is 8.27. The number of carbonyl (C=O) groups is 1. The van der Waals surface area contributed by atoms with Gasteiger partial charge in [0, 0.05) is 46.4 Å². The van der Waals surface area contributed by atoms with Gasteiger partial charge in [-0.05, 0) is 37.1 Å². The molecule has 1 aliphatic rings. The minimum Gasteiger partial charge on any atom is -0.352 e. The summed E-state index contributed by atoms with van der Waals surface area (Å²) >= 11 is 0. The molecule has 1 amide bonds. The lowest BCUT2D eigenvalue weighted by atomic mass is 10.1. The van der Waals surface area contributed by atoms with Crippen molar-refractivity contribution in [2.45, 2.75) is 25.7 Å². The van der Waals surface area contributed by atoms with E-state index in [1.165, 1.54) is 0 Å². The third-order valence-corrected chi connectivity index (χ3v) is 6.17. The van der Waals surface area contributed by atoms with Crippen molar-refractivity contribution in [3.8, 4) is 22.5 Å². The molecule has 5 heterocycles. The Morgan fingerprint density at radius 2 is 1.88 bits per heavy atom. The molecule has 0 atom stereocenters. The molecule has 1 saturated carbocycles. The molecular formula is C24H21N7O. The molecule has 0 saturated heterocycles. The van der Waals surface area contributed by atoms with E-state index < -0.39 is 0 Å². The predicted octanol–water partition coefficient (Wildman–Crippen LogP) is 4.69. The smallest absolute Gasteiger partial charge is 0.227 e. The van der Waals surface area contributed by atoms with Crippen LogP contribution in [0.15, 0.2) is 55.2 Å². The third-order valence-electron chi connectivity index (χ3n) is 6.17. The first-order chi connectivity index (χ1) is 15.7. The summed E-state index contributed by atoms with van der Waals surface area (Å²) < 4.78 is 0. The number of anilines is 1. The van der Waals surface area contributed by atoms with Crippen molar-refractivity contribution in [3.05, 3.63) is 55.2 Å². The summed E-state index contributed by atoms with van der Waals surface area (Å²) in [6.07, 6.45) is 13.0. The fourth-order valence-electron chi connectivity index (χ4n) is 4.47. The number of hydrogen-bond acceptors (Lipinski definition) is 5. The van der Waals surface area contributed by atoms with Gasteiger partial charge in [0.1, 0.15) is 0 Å². The Morgan fingerprint density at radius 1 is 1.00 bits per heavy atom. The molecule has 0 spiro atoms. The molecule has 8 heteroatoms. The van der Waals surface area contributed by atoms with Gasteiger partial charge in [0.2, 0.25) is 5.91 Å². The summed E-state index contributed by atoms with van der Waals surface area (Å²) in [4.78, 5) is 28.9. The highest BCUT2D eigenvalue weighted by Gasteiger charge is 2.22. The van der Waals surface area contributed by atoms with E-state index in [1.54, 1.807) is 31.0 Å². The minimum absolute atomic E-state index is 0.0837. The summed E-state index contributed by atoms with van der Waals surface area (Å²) in [7, 11) is 0. The van der Waals surface area contributed by atoms with Crippen LogP contribution in [0, 0.1) is 5.92 Å². The summed E-state index contributed by atoms with van der Waals surface area (Å²) in [5.41, 5.74) is 5.88. The minimum atomic E-state index is 0.0837. The molecule has 6 rings (SSSR count). The average molecular weight is 423 g/mol. The molecular weight excluding hydrogens is 402 g/mol. The Kier molecular flexibility index (Phi) is 4.41. The van der Waals surface area contributed by atoms with Crippen LogP contribution in [-0.4, -0.2) is 36.0 Å². The number of aromatic nitrogens is 6. The number of nitrogens with one attached hydrogen (secondary N) is 3. The molecule has 1 aliphatic carbocycles. The fraction of sp³-hybridized carbons (Fsp3) is 0.208. The molecule has 158 valence electrons. The van der Waals surface area contributed by atoms with Crippen LogP contribution < -0.4 is 5.32 Å². The molecule has 0 radical (unpaired) electrons. The van der Waals surface area contributed by atoms with Crippen molar-refractivity contribution in [3.63, 3.8) is 0 Å². The van der Waals surface area contributed by atoms with Crippen LogP contribution in [0.25, 0.3) is 44.5 Å². The summed E-state index contributed by atoms with van der Waals surface area (Å²) in [5.74, 6) is 0.192. The Hall–Kier alpha value is -4.07. The number of fused-ring (bicyclic) bond motifs is 2. The molecule has 5 aromatic heterocycles. The number of amides is 1. The van der Waals surface area contributed by atoms with Gasteiger partial charge in [-0.15, -0.1) is 0 Å². The van der Waals surface area contributed by atoms with Gasteiger partial charge < -0.3 is 10.3 Å². The van der Waals surface area contributed by atoms with Crippen LogP contribution in [0.2, 0.25) is 0 Å². The quantitative estimate of drug-likeness (QED) is 0.388. The summed E-state index contributed by atoms with van der Waals surface area (Å²) in [6.45, 7) is 0. The highest BCUT2D eigenvalue weighted by molar-refractivity contribution is 5.96. The Bertz CT molecular complexity index is 1410. The molecule has 1 fully saturated rings. The zero-order valence-corrected chi connectivity index (χ0v) is 17.3. The topological polar surface area (TPSA) is 112 Å². The van der Waals surface area contributed by atoms with E-state index in [4.69, 9.17) is 0 Å². The van der Waals surface area contributed by atoms with Gasteiger partial charge in [0.25, 0.3) is 0 Å². The molecule has 0 aliphatic heterocycles. The van der Waals surface area contributed by atoms with Crippen molar-refractivity contribution < 1.29 is 4.79 Å². The maximum absolute atomic E-state index is 12.5. The van der Waals surface area contributed by atoms with Crippen molar-refractivity contribution in [1.29, 1.82) is 0 Å². The Labute approximate surface area is 183 Å². The third kappa shape index (κ3) is 3.30. The second-order valence-corrected chi connectivity index (χ2v) is 8.27. The van der Waals surface area contributed by atoms with Crippen molar-refractivity contribution in [1.82, 2.24) is 30.1 Å². The fourth-order valence-corrected chi connectivity index (χ4v) is 4.47. The maximum Gasteiger partial charge on any atom is 0.227 e. The molecule has 32 heavy (non-hydrogen) atoms. The van der Waals surface area contributed by atoms with Crippen LogP contribution in [0.3, 0.4) is 0 Å². The van der Waals surface area contributed by atoms with E-state index in [2.05, 4.69) is 41.5 Å². The molecule has 0 aromatic carbocycles. The van der Waals surface area contributed by atoms with Crippen LogP contribution in [0.4, 0.5) is 5.69 Å². The predicted molar refractivity (Wildman–Crippen MR) is 123 cm³/mol. The first-order valence-electron chi connectivity index (χ1n) is 10.8. The van der Waals surface area contributed by atoms with Gasteiger partial charge in [-0.2, -0.15) is 5.10 Å². The van der Waals surface area contributed by atoms with Crippen LogP contribution in [0.1, 0.15) is 25.7 Å². The number of nitrogens with zero attached hydrogens (tertiary/aromatic N) is 4. The van der Waals surface area contributed by atoms with Gasteiger partial charge in [-0.3, -0.25) is 19.9 Å². The first kappa shape index (κ1) is 18.7. The van der Waals surface area contributed by atoms with Crippen molar-refractivity contribution in [2.24, 2.45) is 5.92 Å². The lowest BCUT2D eigenvalue weighted by molar-refractivity contribution is -0.119.